The normalized spacial score (nSPS) is 15.3. The number of carbonyl (C=O) groups is 1. The van der Waals surface area contributed by atoms with Gasteiger partial charge in [0.2, 0.25) is 15.9 Å². The third-order valence-corrected chi connectivity index (χ3v) is 8.17. The minimum atomic E-state index is -4.02. The zero-order chi connectivity index (χ0) is 27.7. The van der Waals surface area contributed by atoms with Crippen molar-refractivity contribution in [1.82, 2.24) is 14.5 Å². The first-order valence-corrected chi connectivity index (χ1v) is 14.4. The second kappa shape index (κ2) is 13.4. The fourth-order valence-electron chi connectivity index (χ4n) is 4.54. The highest BCUT2D eigenvalue weighted by Gasteiger charge is 2.31. The van der Waals surface area contributed by atoms with E-state index in [0.29, 0.717) is 37.7 Å². The maximum atomic E-state index is 13.7. The number of ether oxygens (including phenoxy) is 2. The Morgan fingerprint density at radius 3 is 2.18 bits per heavy atom. The third kappa shape index (κ3) is 7.69. The summed E-state index contributed by atoms with van der Waals surface area (Å²) < 4.78 is 39.9. The van der Waals surface area contributed by atoms with Crippen LogP contribution in [0.3, 0.4) is 0 Å². The van der Waals surface area contributed by atoms with Gasteiger partial charge in [0.1, 0.15) is 6.04 Å². The lowest BCUT2D eigenvalue weighted by Gasteiger charge is -2.36. The molecule has 9 heteroatoms. The zero-order valence-electron chi connectivity index (χ0n) is 22.3. The summed E-state index contributed by atoms with van der Waals surface area (Å²) in [5.41, 5.74) is 2.02. The molecule has 0 spiro atoms. The van der Waals surface area contributed by atoms with Crippen molar-refractivity contribution in [3.8, 4) is 11.5 Å². The van der Waals surface area contributed by atoms with Gasteiger partial charge in [0.25, 0.3) is 0 Å². The van der Waals surface area contributed by atoms with Crippen molar-refractivity contribution in [3.05, 3.63) is 96.1 Å². The van der Waals surface area contributed by atoms with E-state index in [4.69, 9.17) is 9.47 Å². The lowest BCUT2D eigenvalue weighted by molar-refractivity contribution is -0.134. The topological polar surface area (TPSA) is 88.2 Å². The van der Waals surface area contributed by atoms with Gasteiger partial charge in [-0.15, -0.1) is 0 Å². The van der Waals surface area contributed by atoms with Crippen LogP contribution >= 0.6 is 0 Å². The minimum absolute atomic E-state index is 0.000958. The van der Waals surface area contributed by atoms with Crippen LogP contribution < -0.4 is 14.2 Å². The first-order chi connectivity index (χ1) is 18.9. The summed E-state index contributed by atoms with van der Waals surface area (Å²) in [6.07, 6.45) is 4.46. The molecule has 0 aromatic heterocycles. The maximum Gasteiger partial charge on any atom is 0.241 e. The van der Waals surface area contributed by atoms with E-state index in [1.807, 2.05) is 48.5 Å². The molecule has 206 valence electrons. The van der Waals surface area contributed by atoms with Crippen LogP contribution in [0.4, 0.5) is 0 Å². The molecule has 3 aromatic rings. The molecule has 1 aliphatic rings. The van der Waals surface area contributed by atoms with Crippen molar-refractivity contribution in [2.45, 2.75) is 17.4 Å². The molecule has 8 nitrogen and oxygen atoms in total. The molecular formula is C30H35N3O5S. The molecule has 0 radical (unpaired) electrons. The number of nitrogens with zero attached hydrogens (tertiary/aromatic N) is 2. The lowest BCUT2D eigenvalue weighted by atomic mass is 10.1. The largest absolute Gasteiger partial charge is 0.493 e. The molecule has 1 amide bonds. The van der Waals surface area contributed by atoms with Gasteiger partial charge in [-0.3, -0.25) is 9.69 Å². The van der Waals surface area contributed by atoms with Crippen LogP contribution in [0.1, 0.15) is 11.1 Å². The van der Waals surface area contributed by atoms with Gasteiger partial charge < -0.3 is 14.4 Å². The van der Waals surface area contributed by atoms with Gasteiger partial charge in [0.15, 0.2) is 11.5 Å². The highest BCUT2D eigenvalue weighted by molar-refractivity contribution is 7.89. The van der Waals surface area contributed by atoms with Crippen molar-refractivity contribution in [2.75, 3.05) is 46.9 Å². The van der Waals surface area contributed by atoms with Crippen LogP contribution in [0.5, 0.6) is 11.5 Å². The monoisotopic (exact) mass is 549 g/mol. The van der Waals surface area contributed by atoms with Crippen LogP contribution in [-0.2, 0) is 21.2 Å². The summed E-state index contributed by atoms with van der Waals surface area (Å²) in [5, 5.41) is 0. The van der Waals surface area contributed by atoms with Gasteiger partial charge in [-0.1, -0.05) is 72.8 Å². The van der Waals surface area contributed by atoms with E-state index in [1.54, 1.807) is 4.90 Å². The van der Waals surface area contributed by atoms with Crippen molar-refractivity contribution in [2.24, 2.45) is 0 Å². The van der Waals surface area contributed by atoms with E-state index >= 15 is 0 Å². The number of piperazine rings is 1. The number of hydrogen-bond donors (Lipinski definition) is 1. The molecule has 1 unspecified atom stereocenters. The Bertz CT molecular complexity index is 1360. The Morgan fingerprint density at radius 2 is 1.54 bits per heavy atom. The van der Waals surface area contributed by atoms with Gasteiger partial charge in [0, 0.05) is 38.8 Å². The summed E-state index contributed by atoms with van der Waals surface area (Å²) in [7, 11) is -1.09. The number of nitrogens with one attached hydrogen (secondary N) is 1. The average molecular weight is 550 g/mol. The smallest absolute Gasteiger partial charge is 0.241 e. The molecule has 0 aliphatic carbocycles. The van der Waals surface area contributed by atoms with E-state index in [9.17, 15) is 13.2 Å². The standard InChI is InChI=1S/C30H35N3O5S/c1-37-28-16-15-26(23-29(28)38-2)39(35,36)31-27(22-25-12-7-4-8-13-25)30(34)33-20-18-32(19-21-33)17-9-14-24-10-5-3-6-11-24/h3-16,23,27,31H,17-22H2,1-2H3/b14-9+. The van der Waals surface area contributed by atoms with E-state index in [-0.39, 0.29) is 17.2 Å². The van der Waals surface area contributed by atoms with Gasteiger partial charge in [-0.2, -0.15) is 4.72 Å². The molecule has 39 heavy (non-hydrogen) atoms. The predicted molar refractivity (Wildman–Crippen MR) is 152 cm³/mol. The zero-order valence-corrected chi connectivity index (χ0v) is 23.1. The van der Waals surface area contributed by atoms with Crippen LogP contribution in [-0.4, -0.2) is 77.1 Å². The summed E-state index contributed by atoms with van der Waals surface area (Å²) in [5.74, 6) is 0.482. The molecule has 3 aromatic carbocycles. The first kappa shape index (κ1) is 28.4. The first-order valence-electron chi connectivity index (χ1n) is 12.9. The molecule has 4 rings (SSSR count). The maximum absolute atomic E-state index is 13.7. The fourth-order valence-corrected chi connectivity index (χ4v) is 5.75. The summed E-state index contributed by atoms with van der Waals surface area (Å²) in [6.45, 7) is 3.27. The Hall–Kier alpha value is -3.66. The van der Waals surface area contributed by atoms with Crippen molar-refractivity contribution in [3.63, 3.8) is 0 Å². The van der Waals surface area contributed by atoms with Crippen molar-refractivity contribution in [1.29, 1.82) is 0 Å². The molecule has 1 saturated heterocycles. The SMILES string of the molecule is COc1ccc(S(=O)(=O)NC(Cc2ccccc2)C(=O)N2CCN(C/C=C/c3ccccc3)CC2)cc1OC. The third-order valence-electron chi connectivity index (χ3n) is 6.70. The average Bonchev–Trinajstić information content (AvgIpc) is 2.97. The molecule has 0 saturated carbocycles. The van der Waals surface area contributed by atoms with Gasteiger partial charge in [0.05, 0.1) is 19.1 Å². The highest BCUT2D eigenvalue weighted by atomic mass is 32.2. The number of amides is 1. The number of sulfonamides is 1. The number of methoxy groups -OCH3 is 2. The van der Waals surface area contributed by atoms with E-state index in [0.717, 1.165) is 17.7 Å². The minimum Gasteiger partial charge on any atom is -0.493 e. The number of hydrogen-bond acceptors (Lipinski definition) is 6. The Morgan fingerprint density at radius 1 is 0.897 bits per heavy atom. The van der Waals surface area contributed by atoms with Crippen LogP contribution in [0.15, 0.2) is 89.8 Å². The second-order valence-electron chi connectivity index (χ2n) is 9.32. The van der Waals surface area contributed by atoms with E-state index in [1.165, 1.54) is 32.4 Å². The summed E-state index contributed by atoms with van der Waals surface area (Å²) in [4.78, 5) is 17.7. The Balaban J connectivity index is 1.45. The van der Waals surface area contributed by atoms with Gasteiger partial charge >= 0.3 is 0 Å². The van der Waals surface area contributed by atoms with Gasteiger partial charge in [-0.05, 0) is 29.7 Å². The molecular weight excluding hydrogens is 514 g/mol. The number of rotatable bonds is 11. The quantitative estimate of drug-likeness (QED) is 0.394. The second-order valence-corrected chi connectivity index (χ2v) is 11.0. The van der Waals surface area contributed by atoms with Crippen molar-refractivity contribution >= 4 is 22.0 Å². The molecule has 1 aliphatic heterocycles. The number of carbonyl (C=O) groups excluding carboxylic acids is 1. The predicted octanol–water partition coefficient (Wildman–Crippen LogP) is 3.45. The molecule has 0 bridgehead atoms. The summed E-state index contributed by atoms with van der Waals surface area (Å²) in [6, 6.07) is 23.0. The number of benzene rings is 3. The molecule has 1 atom stereocenters. The summed E-state index contributed by atoms with van der Waals surface area (Å²) >= 11 is 0. The van der Waals surface area contributed by atoms with Gasteiger partial charge in [-0.25, -0.2) is 8.42 Å². The van der Waals surface area contributed by atoms with Crippen molar-refractivity contribution < 1.29 is 22.7 Å². The Kier molecular flexibility index (Phi) is 9.75. The lowest BCUT2D eigenvalue weighted by Crippen LogP contribution is -2.55. The van der Waals surface area contributed by atoms with Crippen LogP contribution in [0.25, 0.3) is 6.08 Å². The molecule has 1 heterocycles. The molecule has 1 fully saturated rings. The molecule has 1 N–H and O–H groups in total. The van der Waals surface area contributed by atoms with Crippen LogP contribution in [0.2, 0.25) is 0 Å². The van der Waals surface area contributed by atoms with E-state index in [2.05, 4.69) is 33.9 Å². The highest BCUT2D eigenvalue weighted by Crippen LogP contribution is 2.29. The Labute approximate surface area is 230 Å². The van der Waals surface area contributed by atoms with Crippen LogP contribution in [0, 0.1) is 0 Å². The van der Waals surface area contributed by atoms with E-state index < -0.39 is 16.1 Å². The fraction of sp³-hybridized carbons (Fsp3) is 0.300.